The number of thiocarbonyl (C=S) groups is 1. The summed E-state index contributed by atoms with van der Waals surface area (Å²) in [4.78, 5) is 29.5. The fraction of sp³-hybridized carbons (Fsp3) is 0.500. The number of hydrogen-bond acceptors (Lipinski definition) is 4. The van der Waals surface area contributed by atoms with Gasteiger partial charge in [0.1, 0.15) is 9.86 Å². The fourth-order valence-electron chi connectivity index (χ4n) is 3.20. The van der Waals surface area contributed by atoms with E-state index in [4.69, 9.17) is 12.2 Å². The molecule has 1 fully saturated rings. The van der Waals surface area contributed by atoms with E-state index in [0.717, 1.165) is 35.9 Å². The second-order valence-electron chi connectivity index (χ2n) is 6.92. The molecule has 0 unspecified atom stereocenters. The summed E-state index contributed by atoms with van der Waals surface area (Å²) >= 11 is 6.92. The highest BCUT2D eigenvalue weighted by molar-refractivity contribution is 8.23. The highest BCUT2D eigenvalue weighted by Crippen LogP contribution is 2.38. The number of carbonyl (C=O) groups is 2. The molecular weight excluding hydrogens is 354 g/mol. The van der Waals surface area contributed by atoms with Gasteiger partial charge >= 0.3 is 0 Å². The van der Waals surface area contributed by atoms with E-state index in [-0.39, 0.29) is 17.1 Å². The van der Waals surface area contributed by atoms with Crippen molar-refractivity contribution in [2.45, 2.75) is 44.4 Å². The molecular formula is C18H23N3O2S2. The third-order valence-corrected chi connectivity index (χ3v) is 6.28. The quantitative estimate of drug-likeness (QED) is 0.802. The summed E-state index contributed by atoms with van der Waals surface area (Å²) in [6, 6.07) is 7.40. The number of rotatable bonds is 2. The lowest BCUT2D eigenvalue weighted by atomic mass is 9.96. The number of carbonyl (C=O) groups excluding carboxylic acids is 2. The number of amides is 2. The van der Waals surface area contributed by atoms with Crippen molar-refractivity contribution in [3.05, 3.63) is 24.3 Å². The molecule has 2 heterocycles. The van der Waals surface area contributed by atoms with Crippen LogP contribution < -0.4 is 10.2 Å². The zero-order valence-corrected chi connectivity index (χ0v) is 16.4. The van der Waals surface area contributed by atoms with Gasteiger partial charge in [0.25, 0.3) is 0 Å². The van der Waals surface area contributed by atoms with Crippen LogP contribution in [0.2, 0.25) is 0 Å². The Kier molecular flexibility index (Phi) is 5.06. The Balaban J connectivity index is 1.84. The summed E-state index contributed by atoms with van der Waals surface area (Å²) in [5.41, 5.74) is 0.450. The normalized spacial score (nSPS) is 20.0. The molecule has 0 saturated carbocycles. The van der Waals surface area contributed by atoms with Crippen LogP contribution >= 0.6 is 24.0 Å². The smallest absolute Gasteiger partial charge is 0.250 e. The van der Waals surface area contributed by atoms with Crippen LogP contribution in [0.1, 0.15) is 33.6 Å². The fourth-order valence-corrected chi connectivity index (χ4v) is 4.66. The van der Waals surface area contributed by atoms with Crippen molar-refractivity contribution in [1.29, 1.82) is 0 Å². The molecule has 0 bridgehead atoms. The molecule has 1 aromatic rings. The number of benzene rings is 1. The van der Waals surface area contributed by atoms with Crippen molar-refractivity contribution in [3.63, 3.8) is 0 Å². The molecule has 2 aliphatic heterocycles. The van der Waals surface area contributed by atoms with Crippen LogP contribution in [-0.4, -0.2) is 44.9 Å². The Morgan fingerprint density at radius 1 is 1.28 bits per heavy atom. The molecule has 0 aromatic heterocycles. The first-order valence-corrected chi connectivity index (χ1v) is 9.81. The van der Waals surface area contributed by atoms with Crippen LogP contribution in [0.4, 0.5) is 11.4 Å². The molecule has 5 nitrogen and oxygen atoms in total. The second-order valence-corrected chi connectivity index (χ2v) is 8.90. The molecule has 0 radical (unpaired) electrons. The Labute approximate surface area is 158 Å². The number of nitrogens with zero attached hydrogens (tertiary/aromatic N) is 2. The molecule has 134 valence electrons. The van der Waals surface area contributed by atoms with E-state index in [1.54, 1.807) is 18.7 Å². The number of nitrogens with one attached hydrogen (secondary N) is 1. The van der Waals surface area contributed by atoms with E-state index in [0.29, 0.717) is 5.69 Å². The monoisotopic (exact) mass is 377 g/mol. The van der Waals surface area contributed by atoms with Crippen molar-refractivity contribution < 1.29 is 9.59 Å². The molecule has 7 heteroatoms. The lowest BCUT2D eigenvalue weighted by Crippen LogP contribution is -2.60. The topological polar surface area (TPSA) is 52.7 Å². The molecule has 2 aliphatic rings. The van der Waals surface area contributed by atoms with E-state index in [2.05, 4.69) is 10.2 Å². The second kappa shape index (κ2) is 6.96. The number of hydrogen-bond donors (Lipinski definition) is 1. The Hall–Kier alpha value is -1.60. The summed E-state index contributed by atoms with van der Waals surface area (Å²) in [6.07, 6.45) is 2.30. The van der Waals surface area contributed by atoms with Crippen LogP contribution in [0.25, 0.3) is 0 Å². The lowest BCUT2D eigenvalue weighted by Gasteiger charge is -2.43. The SMILES string of the molecule is C[C@@H](SC(=S)N1CCCC1)C(=O)N1c2ccccc2NC(=O)C1(C)C. The van der Waals surface area contributed by atoms with Crippen molar-refractivity contribution >= 4 is 51.5 Å². The van der Waals surface area contributed by atoms with Gasteiger partial charge in [0.2, 0.25) is 11.8 Å². The highest BCUT2D eigenvalue weighted by Gasteiger charge is 2.45. The molecule has 2 amide bonds. The number of likely N-dealkylation sites (tertiary alicyclic amines) is 1. The van der Waals surface area contributed by atoms with Gasteiger partial charge in [-0.1, -0.05) is 36.1 Å². The summed E-state index contributed by atoms with van der Waals surface area (Å²) < 4.78 is 0.769. The van der Waals surface area contributed by atoms with E-state index >= 15 is 0 Å². The zero-order chi connectivity index (χ0) is 18.2. The van der Waals surface area contributed by atoms with Gasteiger partial charge in [-0.2, -0.15) is 0 Å². The summed E-state index contributed by atoms with van der Waals surface area (Å²) in [6.45, 7) is 7.33. The van der Waals surface area contributed by atoms with Crippen molar-refractivity contribution in [2.24, 2.45) is 0 Å². The Morgan fingerprint density at radius 2 is 1.92 bits per heavy atom. The first-order valence-electron chi connectivity index (χ1n) is 8.52. The lowest BCUT2D eigenvalue weighted by molar-refractivity contribution is -0.126. The van der Waals surface area contributed by atoms with Crippen molar-refractivity contribution in [2.75, 3.05) is 23.3 Å². The number of anilines is 2. The predicted octanol–water partition coefficient (Wildman–Crippen LogP) is 3.25. The van der Waals surface area contributed by atoms with Gasteiger partial charge in [-0.05, 0) is 45.7 Å². The summed E-state index contributed by atoms with van der Waals surface area (Å²) in [5, 5.41) is 2.53. The summed E-state index contributed by atoms with van der Waals surface area (Å²) in [7, 11) is 0. The molecule has 1 atom stereocenters. The molecule has 0 aliphatic carbocycles. The first-order chi connectivity index (χ1) is 11.8. The maximum atomic E-state index is 13.2. The van der Waals surface area contributed by atoms with Crippen LogP contribution in [0.15, 0.2) is 24.3 Å². The largest absolute Gasteiger partial charge is 0.358 e. The van der Waals surface area contributed by atoms with Gasteiger partial charge < -0.3 is 10.2 Å². The van der Waals surface area contributed by atoms with Gasteiger partial charge in [0.15, 0.2) is 0 Å². The maximum absolute atomic E-state index is 13.2. The average Bonchev–Trinajstić information content (AvgIpc) is 3.10. The third kappa shape index (κ3) is 3.40. The van der Waals surface area contributed by atoms with Crippen molar-refractivity contribution in [3.8, 4) is 0 Å². The minimum absolute atomic E-state index is 0.0983. The van der Waals surface area contributed by atoms with Gasteiger partial charge in [0.05, 0.1) is 16.6 Å². The Bertz CT molecular complexity index is 714. The molecule has 0 spiro atoms. The van der Waals surface area contributed by atoms with Gasteiger partial charge in [-0.15, -0.1) is 0 Å². The van der Waals surface area contributed by atoms with Gasteiger partial charge in [0, 0.05) is 13.1 Å². The average molecular weight is 378 g/mol. The number of thioether (sulfide) groups is 1. The predicted molar refractivity (Wildman–Crippen MR) is 107 cm³/mol. The zero-order valence-electron chi connectivity index (χ0n) is 14.7. The van der Waals surface area contributed by atoms with Crippen LogP contribution in [0.5, 0.6) is 0 Å². The van der Waals surface area contributed by atoms with E-state index in [1.807, 2.05) is 31.2 Å². The first kappa shape index (κ1) is 18.2. The minimum Gasteiger partial charge on any atom is -0.358 e. The van der Waals surface area contributed by atoms with Crippen molar-refractivity contribution in [1.82, 2.24) is 4.90 Å². The standard InChI is InChI=1S/C18H23N3O2S2/c1-12(25-17(24)20-10-6-7-11-20)15(22)21-14-9-5-4-8-13(14)19-16(23)18(21,2)3/h4-5,8-9,12H,6-7,10-11H2,1-3H3,(H,19,23)/t12-/m1/s1. The highest BCUT2D eigenvalue weighted by atomic mass is 32.2. The maximum Gasteiger partial charge on any atom is 0.250 e. The van der Waals surface area contributed by atoms with Crippen LogP contribution in [0.3, 0.4) is 0 Å². The number of fused-ring (bicyclic) bond motifs is 1. The van der Waals surface area contributed by atoms with Crippen LogP contribution in [-0.2, 0) is 9.59 Å². The van der Waals surface area contributed by atoms with Gasteiger partial charge in [-0.25, -0.2) is 0 Å². The molecule has 1 aromatic carbocycles. The molecule has 3 rings (SSSR count). The van der Waals surface area contributed by atoms with Gasteiger partial charge in [-0.3, -0.25) is 14.5 Å². The molecule has 25 heavy (non-hydrogen) atoms. The Morgan fingerprint density at radius 3 is 2.60 bits per heavy atom. The molecule has 1 N–H and O–H groups in total. The van der Waals surface area contributed by atoms with Crippen LogP contribution in [0, 0.1) is 0 Å². The van der Waals surface area contributed by atoms with E-state index < -0.39 is 5.54 Å². The van der Waals surface area contributed by atoms with E-state index in [9.17, 15) is 9.59 Å². The third-order valence-electron chi connectivity index (χ3n) is 4.72. The molecule has 1 saturated heterocycles. The number of para-hydroxylation sites is 2. The summed E-state index contributed by atoms with van der Waals surface area (Å²) in [5.74, 6) is -0.280. The minimum atomic E-state index is -0.949. The van der Waals surface area contributed by atoms with E-state index in [1.165, 1.54) is 11.8 Å².